The summed E-state index contributed by atoms with van der Waals surface area (Å²) in [4.78, 5) is 24.3. The monoisotopic (exact) mass is 356 g/mol. The molecule has 0 fully saturated rings. The lowest BCUT2D eigenvalue weighted by molar-refractivity contribution is -0.121. The van der Waals surface area contributed by atoms with E-state index in [9.17, 15) is 9.59 Å². The zero-order chi connectivity index (χ0) is 19.1. The van der Waals surface area contributed by atoms with Gasteiger partial charge in [-0.25, -0.2) is 0 Å². The van der Waals surface area contributed by atoms with Crippen LogP contribution in [0.2, 0.25) is 0 Å². The minimum Gasteiger partial charge on any atom is -0.495 e. The molecule has 2 amide bonds. The van der Waals surface area contributed by atoms with Crippen LogP contribution < -0.4 is 20.1 Å². The first-order valence-corrected chi connectivity index (χ1v) is 8.32. The highest BCUT2D eigenvalue weighted by atomic mass is 16.5. The molecule has 2 aromatic carbocycles. The Morgan fingerprint density at radius 1 is 0.769 bits per heavy atom. The lowest BCUT2D eigenvalue weighted by Crippen LogP contribution is -2.18. The smallest absolute Gasteiger partial charge is 0.224 e. The highest BCUT2D eigenvalue weighted by molar-refractivity contribution is 5.98. The predicted octanol–water partition coefficient (Wildman–Crippen LogP) is 3.68. The van der Waals surface area contributed by atoms with Crippen LogP contribution in [0.25, 0.3) is 0 Å². The van der Waals surface area contributed by atoms with Crippen molar-refractivity contribution in [3.05, 3.63) is 47.5 Å². The minimum atomic E-state index is -0.250. The molecule has 0 spiro atoms. The molecular formula is C20H24N2O4. The van der Waals surface area contributed by atoms with Crippen molar-refractivity contribution in [1.82, 2.24) is 0 Å². The summed E-state index contributed by atoms with van der Waals surface area (Å²) in [5, 5.41) is 5.57. The van der Waals surface area contributed by atoms with Crippen molar-refractivity contribution in [2.75, 3.05) is 24.9 Å². The second-order valence-corrected chi connectivity index (χ2v) is 6.00. The molecule has 0 saturated heterocycles. The van der Waals surface area contributed by atoms with E-state index in [-0.39, 0.29) is 24.7 Å². The summed E-state index contributed by atoms with van der Waals surface area (Å²) in [5.41, 5.74) is 3.20. The van der Waals surface area contributed by atoms with Crippen LogP contribution in [0.3, 0.4) is 0 Å². The summed E-state index contributed by atoms with van der Waals surface area (Å²) >= 11 is 0. The maximum absolute atomic E-state index is 12.2. The molecule has 0 atom stereocenters. The molecule has 0 aliphatic rings. The zero-order valence-corrected chi connectivity index (χ0v) is 15.5. The van der Waals surface area contributed by atoms with E-state index in [1.165, 1.54) is 0 Å². The molecule has 0 heterocycles. The average Bonchev–Trinajstić information content (AvgIpc) is 2.60. The lowest BCUT2D eigenvalue weighted by Gasteiger charge is -2.12. The van der Waals surface area contributed by atoms with Gasteiger partial charge in [-0.2, -0.15) is 0 Å². The molecule has 2 rings (SSSR count). The van der Waals surface area contributed by atoms with Crippen LogP contribution in [0.4, 0.5) is 11.4 Å². The zero-order valence-electron chi connectivity index (χ0n) is 15.5. The highest BCUT2D eigenvalue weighted by Gasteiger charge is 2.12. The summed E-state index contributed by atoms with van der Waals surface area (Å²) in [7, 11) is 3.09. The fourth-order valence-electron chi connectivity index (χ4n) is 2.49. The molecule has 0 bridgehead atoms. The van der Waals surface area contributed by atoms with E-state index in [0.717, 1.165) is 11.1 Å². The Balaban J connectivity index is 1.92. The Morgan fingerprint density at radius 2 is 1.15 bits per heavy atom. The Bertz CT molecular complexity index is 735. The van der Waals surface area contributed by atoms with E-state index >= 15 is 0 Å². The van der Waals surface area contributed by atoms with Gasteiger partial charge in [0.05, 0.1) is 25.6 Å². The maximum Gasteiger partial charge on any atom is 0.224 e. The molecule has 6 heteroatoms. The molecule has 2 N–H and O–H groups in total. The molecule has 138 valence electrons. The van der Waals surface area contributed by atoms with Crippen LogP contribution in [0.15, 0.2) is 36.4 Å². The van der Waals surface area contributed by atoms with Gasteiger partial charge < -0.3 is 20.1 Å². The van der Waals surface area contributed by atoms with Crippen molar-refractivity contribution in [3.63, 3.8) is 0 Å². The molecule has 0 saturated carbocycles. The Kier molecular flexibility index (Phi) is 6.60. The van der Waals surface area contributed by atoms with Crippen molar-refractivity contribution in [2.45, 2.75) is 26.7 Å². The third-order valence-corrected chi connectivity index (χ3v) is 3.84. The number of nitrogens with one attached hydrogen (secondary N) is 2. The SMILES string of the molecule is COc1ccc(C)cc1NC(=O)CCC(=O)Nc1cc(C)ccc1OC. The largest absolute Gasteiger partial charge is 0.495 e. The first-order chi connectivity index (χ1) is 12.4. The van der Waals surface area contributed by atoms with Gasteiger partial charge in [0.1, 0.15) is 11.5 Å². The van der Waals surface area contributed by atoms with E-state index in [1.807, 2.05) is 38.1 Å². The van der Waals surface area contributed by atoms with Gasteiger partial charge in [0.15, 0.2) is 0 Å². The number of ether oxygens (including phenoxy) is 2. The third kappa shape index (κ3) is 5.24. The fourth-order valence-corrected chi connectivity index (χ4v) is 2.49. The topological polar surface area (TPSA) is 76.7 Å². The maximum atomic E-state index is 12.2. The molecule has 0 radical (unpaired) electrons. The van der Waals surface area contributed by atoms with Gasteiger partial charge in [0.25, 0.3) is 0 Å². The predicted molar refractivity (Wildman–Crippen MR) is 102 cm³/mol. The van der Waals surface area contributed by atoms with Gasteiger partial charge in [-0.3, -0.25) is 9.59 Å². The first kappa shape index (κ1) is 19.3. The Hall–Kier alpha value is -3.02. The van der Waals surface area contributed by atoms with E-state index in [0.29, 0.717) is 22.9 Å². The molecular weight excluding hydrogens is 332 g/mol. The fraction of sp³-hybridized carbons (Fsp3) is 0.300. The molecule has 2 aromatic rings. The van der Waals surface area contributed by atoms with Crippen LogP contribution >= 0.6 is 0 Å². The average molecular weight is 356 g/mol. The second kappa shape index (κ2) is 8.89. The summed E-state index contributed by atoms with van der Waals surface area (Å²) in [6, 6.07) is 11.0. The number of aryl methyl sites for hydroxylation is 2. The van der Waals surface area contributed by atoms with Gasteiger partial charge in [0.2, 0.25) is 11.8 Å². The molecule has 0 aromatic heterocycles. The van der Waals surface area contributed by atoms with E-state index in [4.69, 9.17) is 9.47 Å². The summed E-state index contributed by atoms with van der Waals surface area (Å²) in [5.74, 6) is 0.663. The number of methoxy groups -OCH3 is 2. The number of hydrogen-bond donors (Lipinski definition) is 2. The summed E-state index contributed by atoms with van der Waals surface area (Å²) < 4.78 is 10.5. The van der Waals surface area contributed by atoms with Gasteiger partial charge in [0, 0.05) is 12.8 Å². The second-order valence-electron chi connectivity index (χ2n) is 6.00. The standard InChI is InChI=1S/C20H24N2O4/c1-13-5-7-17(25-3)15(11-13)21-19(23)9-10-20(24)22-16-12-14(2)6-8-18(16)26-4/h5-8,11-12H,9-10H2,1-4H3,(H,21,23)(H,22,24). The van der Waals surface area contributed by atoms with E-state index < -0.39 is 0 Å². The lowest BCUT2D eigenvalue weighted by atomic mass is 10.2. The number of anilines is 2. The summed E-state index contributed by atoms with van der Waals surface area (Å²) in [6.45, 7) is 3.86. The number of carbonyl (C=O) groups is 2. The van der Waals surface area contributed by atoms with Crippen molar-refractivity contribution < 1.29 is 19.1 Å². The van der Waals surface area contributed by atoms with Crippen LogP contribution in [0, 0.1) is 13.8 Å². The number of amides is 2. The number of benzene rings is 2. The van der Waals surface area contributed by atoms with Gasteiger partial charge in [-0.1, -0.05) is 12.1 Å². The third-order valence-electron chi connectivity index (χ3n) is 3.84. The minimum absolute atomic E-state index is 0.0665. The molecule has 0 aliphatic carbocycles. The van der Waals surface area contributed by atoms with Crippen molar-refractivity contribution >= 4 is 23.2 Å². The first-order valence-electron chi connectivity index (χ1n) is 8.32. The molecule has 0 unspecified atom stereocenters. The van der Waals surface area contributed by atoms with Gasteiger partial charge in [-0.05, 0) is 49.2 Å². The Labute approximate surface area is 153 Å². The quantitative estimate of drug-likeness (QED) is 0.793. The van der Waals surface area contributed by atoms with Crippen LogP contribution in [-0.2, 0) is 9.59 Å². The number of hydrogen-bond acceptors (Lipinski definition) is 4. The highest BCUT2D eigenvalue weighted by Crippen LogP contribution is 2.26. The van der Waals surface area contributed by atoms with Crippen LogP contribution in [-0.4, -0.2) is 26.0 Å². The molecule has 26 heavy (non-hydrogen) atoms. The summed E-state index contributed by atoms with van der Waals surface area (Å²) in [6.07, 6.45) is 0.133. The van der Waals surface area contributed by atoms with Gasteiger partial charge in [-0.15, -0.1) is 0 Å². The van der Waals surface area contributed by atoms with E-state index in [2.05, 4.69) is 10.6 Å². The Morgan fingerprint density at radius 3 is 1.50 bits per heavy atom. The van der Waals surface area contributed by atoms with Crippen LogP contribution in [0.1, 0.15) is 24.0 Å². The number of carbonyl (C=O) groups excluding carboxylic acids is 2. The number of rotatable bonds is 7. The normalized spacial score (nSPS) is 10.2. The van der Waals surface area contributed by atoms with Crippen LogP contribution in [0.5, 0.6) is 11.5 Å². The van der Waals surface area contributed by atoms with Crippen molar-refractivity contribution in [1.29, 1.82) is 0 Å². The van der Waals surface area contributed by atoms with Gasteiger partial charge >= 0.3 is 0 Å². The van der Waals surface area contributed by atoms with E-state index in [1.54, 1.807) is 26.4 Å². The van der Waals surface area contributed by atoms with Crippen molar-refractivity contribution in [2.24, 2.45) is 0 Å². The molecule has 6 nitrogen and oxygen atoms in total. The van der Waals surface area contributed by atoms with Crippen molar-refractivity contribution in [3.8, 4) is 11.5 Å². The molecule has 0 aliphatic heterocycles.